The summed E-state index contributed by atoms with van der Waals surface area (Å²) >= 11 is 0. The topological polar surface area (TPSA) is 79.2 Å². The van der Waals surface area contributed by atoms with Crippen molar-refractivity contribution in [1.82, 2.24) is 35.5 Å². The molecule has 3 saturated heterocycles. The highest BCUT2D eigenvalue weighted by Crippen LogP contribution is 2.59. The summed E-state index contributed by atoms with van der Waals surface area (Å²) < 4.78 is 2.01. The zero-order valence-corrected chi connectivity index (χ0v) is 16.2. The smallest absolute Gasteiger partial charge is 0.154 e. The second-order valence-corrected chi connectivity index (χ2v) is 8.65. The number of fused-ring (bicyclic) bond motifs is 1. The van der Waals surface area contributed by atoms with Crippen LogP contribution in [-0.4, -0.2) is 51.8 Å². The fourth-order valence-corrected chi connectivity index (χ4v) is 6.07. The van der Waals surface area contributed by atoms with Gasteiger partial charge in [-0.05, 0) is 38.1 Å². The van der Waals surface area contributed by atoms with Crippen LogP contribution < -0.4 is 16.0 Å². The largest absolute Gasteiger partial charge is 0.315 e. The van der Waals surface area contributed by atoms with Gasteiger partial charge < -0.3 is 16.0 Å². The van der Waals surface area contributed by atoms with Gasteiger partial charge in [-0.15, -0.1) is 0 Å². The predicted molar refractivity (Wildman–Crippen MR) is 107 cm³/mol. The molecule has 28 heavy (non-hydrogen) atoms. The van der Waals surface area contributed by atoms with E-state index in [1.165, 1.54) is 0 Å². The number of imidazole rings is 1. The van der Waals surface area contributed by atoms with E-state index in [9.17, 15) is 0 Å². The summed E-state index contributed by atoms with van der Waals surface area (Å²) in [5.74, 6) is 0. The standard InChI is InChI=1S/C21H25N7/c1-13-18(15-5-7-22-8-6-15)28-17(25-13)4-3-16(27-28)19-21-11-23-9-20(21,10-24-12-21)14(2)26-19/h3-8,14,19,23-24,26H,9-12H2,1-2H3. The van der Waals surface area contributed by atoms with Gasteiger partial charge in [-0.1, -0.05) is 0 Å². The van der Waals surface area contributed by atoms with Crippen LogP contribution in [0.15, 0.2) is 36.7 Å². The fourth-order valence-electron chi connectivity index (χ4n) is 6.07. The molecule has 144 valence electrons. The molecule has 0 radical (unpaired) electrons. The summed E-state index contributed by atoms with van der Waals surface area (Å²) in [6, 6.07) is 8.98. The maximum Gasteiger partial charge on any atom is 0.154 e. The van der Waals surface area contributed by atoms with E-state index in [1.54, 1.807) is 0 Å². The monoisotopic (exact) mass is 375 g/mol. The Morgan fingerprint density at radius 1 is 1.00 bits per heavy atom. The van der Waals surface area contributed by atoms with Crippen molar-refractivity contribution in [3.63, 3.8) is 0 Å². The van der Waals surface area contributed by atoms with Crippen molar-refractivity contribution in [1.29, 1.82) is 0 Å². The number of aryl methyl sites for hydroxylation is 1. The van der Waals surface area contributed by atoms with E-state index < -0.39 is 0 Å². The average Bonchev–Trinajstić information content (AvgIpc) is 3.38. The van der Waals surface area contributed by atoms with Crippen LogP contribution in [0.5, 0.6) is 0 Å². The van der Waals surface area contributed by atoms with Crippen molar-refractivity contribution in [2.75, 3.05) is 26.2 Å². The molecule has 0 spiro atoms. The molecule has 0 aromatic carbocycles. The van der Waals surface area contributed by atoms with E-state index in [2.05, 4.69) is 40.0 Å². The zero-order chi connectivity index (χ0) is 18.9. The highest BCUT2D eigenvalue weighted by Gasteiger charge is 2.68. The van der Waals surface area contributed by atoms with Gasteiger partial charge in [0.25, 0.3) is 0 Å². The Balaban J connectivity index is 1.51. The Morgan fingerprint density at radius 3 is 2.46 bits per heavy atom. The van der Waals surface area contributed by atoms with Crippen LogP contribution in [0, 0.1) is 17.8 Å². The molecule has 3 aromatic heterocycles. The minimum Gasteiger partial charge on any atom is -0.315 e. The van der Waals surface area contributed by atoms with E-state index in [4.69, 9.17) is 10.1 Å². The predicted octanol–water partition coefficient (Wildman–Crippen LogP) is 1.31. The van der Waals surface area contributed by atoms with Crippen molar-refractivity contribution < 1.29 is 0 Å². The molecular formula is C21H25N7. The van der Waals surface area contributed by atoms with Gasteiger partial charge in [0.1, 0.15) is 0 Å². The van der Waals surface area contributed by atoms with Crippen LogP contribution >= 0.6 is 0 Å². The van der Waals surface area contributed by atoms with E-state index in [-0.39, 0.29) is 16.9 Å². The second kappa shape index (κ2) is 5.59. The fraction of sp³-hybridized carbons (Fsp3) is 0.476. The summed E-state index contributed by atoms with van der Waals surface area (Å²) in [5, 5.41) is 16.4. The molecule has 2 atom stereocenters. The van der Waals surface area contributed by atoms with Crippen LogP contribution in [0.25, 0.3) is 16.9 Å². The summed E-state index contributed by atoms with van der Waals surface area (Å²) in [6.07, 6.45) is 3.64. The van der Waals surface area contributed by atoms with Crippen molar-refractivity contribution in [2.24, 2.45) is 10.8 Å². The van der Waals surface area contributed by atoms with Gasteiger partial charge in [0.05, 0.1) is 23.1 Å². The quantitative estimate of drug-likeness (QED) is 0.627. The van der Waals surface area contributed by atoms with Gasteiger partial charge in [0.15, 0.2) is 5.65 Å². The lowest BCUT2D eigenvalue weighted by atomic mass is 9.64. The van der Waals surface area contributed by atoms with E-state index >= 15 is 0 Å². The molecule has 6 heterocycles. The highest BCUT2D eigenvalue weighted by atomic mass is 15.3. The first-order valence-corrected chi connectivity index (χ1v) is 10.1. The maximum absolute atomic E-state index is 5.12. The van der Waals surface area contributed by atoms with Gasteiger partial charge in [-0.2, -0.15) is 5.10 Å². The van der Waals surface area contributed by atoms with Gasteiger partial charge in [0.2, 0.25) is 0 Å². The molecule has 3 fully saturated rings. The van der Waals surface area contributed by atoms with Crippen LogP contribution in [-0.2, 0) is 0 Å². The third-order valence-corrected chi connectivity index (χ3v) is 7.47. The van der Waals surface area contributed by atoms with Crippen molar-refractivity contribution in [2.45, 2.75) is 25.9 Å². The first-order valence-electron chi connectivity index (χ1n) is 10.1. The Hall–Kier alpha value is -2.35. The van der Waals surface area contributed by atoms with Gasteiger partial charge >= 0.3 is 0 Å². The molecule has 3 aliphatic rings. The number of nitrogens with zero attached hydrogens (tertiary/aromatic N) is 4. The van der Waals surface area contributed by atoms with Crippen molar-refractivity contribution in [3.05, 3.63) is 48.0 Å². The number of aromatic nitrogens is 4. The zero-order valence-electron chi connectivity index (χ0n) is 16.2. The van der Waals surface area contributed by atoms with Crippen LogP contribution in [0.4, 0.5) is 0 Å². The normalized spacial score (nSPS) is 34.1. The Morgan fingerprint density at radius 2 is 1.71 bits per heavy atom. The minimum absolute atomic E-state index is 0.166. The molecule has 0 bridgehead atoms. The highest BCUT2D eigenvalue weighted by molar-refractivity contribution is 5.66. The van der Waals surface area contributed by atoms with Crippen LogP contribution in [0.1, 0.15) is 24.4 Å². The number of pyridine rings is 1. The minimum atomic E-state index is 0.166. The number of hydrogen-bond acceptors (Lipinski definition) is 6. The van der Waals surface area contributed by atoms with E-state index in [1.807, 2.05) is 36.0 Å². The number of rotatable bonds is 2. The SMILES string of the molecule is Cc1nc2ccc(C3NC(C)C45CNCC34CNC5)nn2c1-c1ccncc1. The summed E-state index contributed by atoms with van der Waals surface area (Å²) in [4.78, 5) is 8.89. The third-order valence-electron chi connectivity index (χ3n) is 7.47. The molecular weight excluding hydrogens is 350 g/mol. The maximum atomic E-state index is 5.12. The molecule has 3 aromatic rings. The lowest BCUT2D eigenvalue weighted by Gasteiger charge is -2.36. The molecule has 0 aliphatic carbocycles. The first-order chi connectivity index (χ1) is 13.6. The third kappa shape index (κ3) is 1.91. The Bertz CT molecular complexity index is 1050. The molecule has 0 saturated carbocycles. The van der Waals surface area contributed by atoms with E-state index in [0.29, 0.717) is 6.04 Å². The van der Waals surface area contributed by atoms with Gasteiger partial charge in [-0.3, -0.25) is 4.98 Å². The molecule has 0 amide bonds. The molecule has 6 rings (SSSR count). The molecule has 7 heteroatoms. The Labute approximate surface area is 164 Å². The van der Waals surface area contributed by atoms with E-state index in [0.717, 1.165) is 54.5 Å². The lowest BCUT2D eigenvalue weighted by molar-refractivity contribution is 0.177. The second-order valence-electron chi connectivity index (χ2n) is 8.65. The molecule has 2 unspecified atom stereocenters. The average molecular weight is 375 g/mol. The van der Waals surface area contributed by atoms with Gasteiger partial charge in [0, 0.05) is 61.0 Å². The number of nitrogens with one attached hydrogen (secondary N) is 3. The molecule has 3 N–H and O–H groups in total. The summed E-state index contributed by atoms with van der Waals surface area (Å²) in [6.45, 7) is 8.57. The summed E-state index contributed by atoms with van der Waals surface area (Å²) in [7, 11) is 0. The molecule has 3 aliphatic heterocycles. The van der Waals surface area contributed by atoms with Crippen molar-refractivity contribution >= 4 is 5.65 Å². The number of hydrogen-bond donors (Lipinski definition) is 3. The summed E-state index contributed by atoms with van der Waals surface area (Å²) in [5.41, 5.74) is 5.53. The molecule has 7 nitrogen and oxygen atoms in total. The van der Waals surface area contributed by atoms with Crippen LogP contribution in [0.2, 0.25) is 0 Å². The van der Waals surface area contributed by atoms with Gasteiger partial charge in [-0.25, -0.2) is 9.50 Å². The first kappa shape index (κ1) is 16.6. The lowest BCUT2D eigenvalue weighted by Crippen LogP contribution is -2.43. The van der Waals surface area contributed by atoms with Crippen molar-refractivity contribution in [3.8, 4) is 11.3 Å². The van der Waals surface area contributed by atoms with Crippen LogP contribution in [0.3, 0.4) is 0 Å². The Kier molecular flexibility index (Phi) is 3.31.